The van der Waals surface area contributed by atoms with Crippen LogP contribution in [0.25, 0.3) is 0 Å². The molecule has 0 unspecified atom stereocenters. The zero-order valence-corrected chi connectivity index (χ0v) is 14.2. The van der Waals surface area contributed by atoms with Gasteiger partial charge in [-0.25, -0.2) is 4.79 Å². The van der Waals surface area contributed by atoms with E-state index in [-0.39, 0.29) is 30.8 Å². The van der Waals surface area contributed by atoms with Crippen LogP contribution >= 0.6 is 0 Å². The quantitative estimate of drug-likeness (QED) is 0.687. The molecule has 8 nitrogen and oxygen atoms in total. The van der Waals surface area contributed by atoms with Gasteiger partial charge < -0.3 is 20.4 Å². The molecule has 1 aromatic heterocycles. The van der Waals surface area contributed by atoms with Crippen LogP contribution in [0.4, 0.5) is 16.2 Å². The Hall–Kier alpha value is -3.29. The first-order chi connectivity index (χ1) is 12.6. The Morgan fingerprint density at radius 3 is 2.81 bits per heavy atom. The van der Waals surface area contributed by atoms with E-state index in [0.29, 0.717) is 36.6 Å². The molecule has 1 aliphatic rings. The molecule has 0 spiro atoms. The van der Waals surface area contributed by atoms with E-state index < -0.39 is 0 Å². The maximum absolute atomic E-state index is 12.4. The lowest BCUT2D eigenvalue weighted by Crippen LogP contribution is -2.47. The van der Waals surface area contributed by atoms with E-state index in [9.17, 15) is 14.4 Å². The normalized spacial score (nSPS) is 12.9. The highest BCUT2D eigenvalue weighted by Crippen LogP contribution is 2.28. The van der Waals surface area contributed by atoms with Crippen molar-refractivity contribution in [2.75, 3.05) is 23.3 Å². The van der Waals surface area contributed by atoms with E-state index >= 15 is 0 Å². The molecular weight excluding hydrogens is 336 g/mol. The van der Waals surface area contributed by atoms with Crippen molar-refractivity contribution < 1.29 is 18.8 Å². The third-order valence-corrected chi connectivity index (χ3v) is 3.91. The first-order valence-corrected chi connectivity index (χ1v) is 8.37. The molecule has 0 saturated heterocycles. The van der Waals surface area contributed by atoms with Crippen LogP contribution in [-0.4, -0.2) is 30.9 Å². The number of nitrogens with one attached hydrogen (secondary N) is 3. The zero-order chi connectivity index (χ0) is 18.4. The zero-order valence-electron chi connectivity index (χ0n) is 14.2. The third kappa shape index (κ3) is 4.41. The van der Waals surface area contributed by atoms with Crippen molar-refractivity contribution in [3.8, 4) is 0 Å². The molecule has 4 amide bonds. The SMILES string of the molecule is O=C(CCCNC(=O)N1CC(=O)Nc2ccccc21)NCc1ccco1. The fraction of sp³-hybridized carbons (Fsp3) is 0.278. The highest BCUT2D eigenvalue weighted by molar-refractivity contribution is 6.09. The lowest BCUT2D eigenvalue weighted by atomic mass is 10.2. The van der Waals surface area contributed by atoms with Crippen LogP contribution in [0.5, 0.6) is 0 Å². The average molecular weight is 356 g/mol. The van der Waals surface area contributed by atoms with Crippen LogP contribution in [0.3, 0.4) is 0 Å². The van der Waals surface area contributed by atoms with Crippen molar-refractivity contribution in [3.63, 3.8) is 0 Å². The second kappa shape index (κ2) is 8.19. The van der Waals surface area contributed by atoms with Gasteiger partial charge in [-0.15, -0.1) is 0 Å². The number of benzene rings is 1. The van der Waals surface area contributed by atoms with Crippen molar-refractivity contribution in [2.45, 2.75) is 19.4 Å². The summed E-state index contributed by atoms with van der Waals surface area (Å²) in [5, 5.41) is 8.23. The number of anilines is 2. The van der Waals surface area contributed by atoms with Crippen LogP contribution in [0.2, 0.25) is 0 Å². The highest BCUT2D eigenvalue weighted by Gasteiger charge is 2.26. The lowest BCUT2D eigenvalue weighted by Gasteiger charge is -2.29. The number of carbonyl (C=O) groups is 3. The van der Waals surface area contributed by atoms with Gasteiger partial charge in [0.15, 0.2) is 0 Å². The number of nitrogens with zero attached hydrogens (tertiary/aromatic N) is 1. The fourth-order valence-electron chi connectivity index (χ4n) is 2.64. The summed E-state index contributed by atoms with van der Waals surface area (Å²) in [7, 11) is 0. The van der Waals surface area contributed by atoms with E-state index in [1.54, 1.807) is 42.7 Å². The minimum absolute atomic E-state index is 0.0352. The molecule has 136 valence electrons. The van der Waals surface area contributed by atoms with Crippen molar-refractivity contribution in [1.29, 1.82) is 0 Å². The van der Waals surface area contributed by atoms with Crippen molar-refractivity contribution in [2.24, 2.45) is 0 Å². The highest BCUT2D eigenvalue weighted by atomic mass is 16.3. The maximum atomic E-state index is 12.4. The molecular formula is C18H20N4O4. The molecule has 26 heavy (non-hydrogen) atoms. The first-order valence-electron chi connectivity index (χ1n) is 8.37. The number of fused-ring (bicyclic) bond motifs is 1. The molecule has 0 fully saturated rings. The van der Waals surface area contributed by atoms with Crippen LogP contribution in [0.1, 0.15) is 18.6 Å². The number of hydrogen-bond acceptors (Lipinski definition) is 4. The minimum Gasteiger partial charge on any atom is -0.467 e. The molecule has 2 aromatic rings. The number of hydrogen-bond donors (Lipinski definition) is 3. The van der Waals surface area contributed by atoms with E-state index in [1.165, 1.54) is 4.90 Å². The second-order valence-electron chi connectivity index (χ2n) is 5.84. The van der Waals surface area contributed by atoms with Gasteiger partial charge >= 0.3 is 6.03 Å². The molecule has 2 heterocycles. The van der Waals surface area contributed by atoms with Crippen molar-refractivity contribution >= 4 is 29.2 Å². The smallest absolute Gasteiger partial charge is 0.322 e. The van der Waals surface area contributed by atoms with Crippen LogP contribution in [0, 0.1) is 0 Å². The van der Waals surface area contributed by atoms with Gasteiger partial charge in [-0.1, -0.05) is 12.1 Å². The van der Waals surface area contributed by atoms with Crippen LogP contribution < -0.4 is 20.9 Å². The summed E-state index contributed by atoms with van der Waals surface area (Å²) in [6, 6.07) is 10.3. The molecule has 1 aromatic carbocycles. The summed E-state index contributed by atoms with van der Waals surface area (Å²) in [5.74, 6) is 0.336. The van der Waals surface area contributed by atoms with Gasteiger partial charge in [-0.2, -0.15) is 0 Å². The predicted molar refractivity (Wildman–Crippen MR) is 95.6 cm³/mol. The molecule has 8 heteroatoms. The van der Waals surface area contributed by atoms with Crippen molar-refractivity contribution in [3.05, 3.63) is 48.4 Å². The van der Waals surface area contributed by atoms with Gasteiger partial charge in [0.2, 0.25) is 11.8 Å². The molecule has 3 N–H and O–H groups in total. The number of carbonyl (C=O) groups excluding carboxylic acids is 3. The second-order valence-corrected chi connectivity index (χ2v) is 5.84. The topological polar surface area (TPSA) is 104 Å². The van der Waals surface area contributed by atoms with E-state index in [1.807, 2.05) is 0 Å². The van der Waals surface area contributed by atoms with Gasteiger partial charge in [-0.3, -0.25) is 14.5 Å². The van der Waals surface area contributed by atoms with Gasteiger partial charge in [-0.05, 0) is 30.7 Å². The summed E-state index contributed by atoms with van der Waals surface area (Å²) in [6.07, 6.45) is 2.34. The molecule has 0 radical (unpaired) electrons. The fourth-order valence-corrected chi connectivity index (χ4v) is 2.64. The minimum atomic E-state index is -0.358. The summed E-state index contributed by atoms with van der Waals surface area (Å²) in [6.45, 7) is 0.650. The van der Waals surface area contributed by atoms with Gasteiger partial charge in [0.25, 0.3) is 0 Å². The lowest BCUT2D eigenvalue weighted by molar-refractivity contribution is -0.121. The van der Waals surface area contributed by atoms with Gasteiger partial charge in [0.05, 0.1) is 24.2 Å². The predicted octanol–water partition coefficient (Wildman–Crippen LogP) is 1.84. The molecule has 3 rings (SSSR count). The Morgan fingerprint density at radius 1 is 1.15 bits per heavy atom. The molecule has 0 aliphatic carbocycles. The Bertz CT molecular complexity index is 788. The summed E-state index contributed by atoms with van der Waals surface area (Å²) >= 11 is 0. The van der Waals surface area contributed by atoms with E-state index in [4.69, 9.17) is 4.42 Å². The largest absolute Gasteiger partial charge is 0.467 e. The number of para-hydroxylation sites is 2. The third-order valence-electron chi connectivity index (χ3n) is 3.91. The number of urea groups is 1. The summed E-state index contributed by atoms with van der Waals surface area (Å²) in [5.41, 5.74) is 1.26. The monoisotopic (exact) mass is 356 g/mol. The number of furan rings is 1. The van der Waals surface area contributed by atoms with Crippen LogP contribution in [0.15, 0.2) is 47.1 Å². The molecule has 1 aliphatic heterocycles. The number of amides is 4. The number of rotatable bonds is 6. The maximum Gasteiger partial charge on any atom is 0.322 e. The van der Waals surface area contributed by atoms with Gasteiger partial charge in [0.1, 0.15) is 12.3 Å². The van der Waals surface area contributed by atoms with Gasteiger partial charge in [0, 0.05) is 13.0 Å². The summed E-state index contributed by atoms with van der Waals surface area (Å²) < 4.78 is 5.14. The first kappa shape index (κ1) is 17.5. The van der Waals surface area contributed by atoms with Crippen LogP contribution in [-0.2, 0) is 16.1 Å². The molecule has 0 saturated carbocycles. The standard InChI is InChI=1S/C18H20N4O4/c23-16(20-11-13-5-4-10-26-13)8-3-9-19-18(25)22-12-17(24)21-14-6-1-2-7-15(14)22/h1-2,4-7,10H,3,8-9,11-12H2,(H,19,25)(H,20,23)(H,21,24). The molecule has 0 atom stereocenters. The Morgan fingerprint density at radius 2 is 2.00 bits per heavy atom. The summed E-state index contributed by atoms with van der Waals surface area (Å²) in [4.78, 5) is 37.2. The van der Waals surface area contributed by atoms with E-state index in [0.717, 1.165) is 0 Å². The Balaban J connectivity index is 1.42. The molecule has 0 bridgehead atoms. The Kier molecular flexibility index (Phi) is 5.52. The van der Waals surface area contributed by atoms with E-state index in [2.05, 4.69) is 16.0 Å². The van der Waals surface area contributed by atoms with Crippen molar-refractivity contribution in [1.82, 2.24) is 10.6 Å². The Labute approximate surface area is 150 Å². The average Bonchev–Trinajstić information content (AvgIpc) is 3.16.